The molecule has 2 aromatic carbocycles. The molecule has 0 radical (unpaired) electrons. The number of fused-ring (bicyclic) bond motifs is 1. The number of hydrogen-bond donors (Lipinski definition) is 0. The summed E-state index contributed by atoms with van der Waals surface area (Å²) in [6.45, 7) is 6.21. The van der Waals surface area contributed by atoms with E-state index < -0.39 is 10.0 Å². The minimum absolute atomic E-state index is 0.0111. The van der Waals surface area contributed by atoms with Gasteiger partial charge in [0.05, 0.1) is 29.8 Å². The molecule has 30 heavy (non-hydrogen) atoms. The van der Waals surface area contributed by atoms with Crippen molar-refractivity contribution in [2.45, 2.75) is 37.6 Å². The molecule has 4 rings (SSSR count). The number of carbonyl (C=O) groups excluding carboxylic acids is 1. The van der Waals surface area contributed by atoms with Crippen molar-refractivity contribution in [1.82, 2.24) is 4.90 Å². The topological polar surface area (TPSA) is 66.9 Å². The van der Waals surface area contributed by atoms with Gasteiger partial charge in [-0.15, -0.1) is 0 Å². The molecule has 0 bridgehead atoms. The number of sulfonamides is 1. The lowest BCUT2D eigenvalue weighted by atomic mass is 10.0. The van der Waals surface area contributed by atoms with Crippen molar-refractivity contribution >= 4 is 21.6 Å². The Morgan fingerprint density at radius 3 is 2.73 bits per heavy atom. The third-order valence-electron chi connectivity index (χ3n) is 5.75. The molecule has 2 aromatic rings. The molecule has 2 aliphatic heterocycles. The molecule has 160 valence electrons. The van der Waals surface area contributed by atoms with Crippen molar-refractivity contribution in [3.05, 3.63) is 59.7 Å². The van der Waals surface area contributed by atoms with Crippen LogP contribution in [0.4, 0.5) is 5.69 Å². The minimum atomic E-state index is -3.73. The first-order valence-electron chi connectivity index (χ1n) is 10.5. The molecular weight excluding hydrogens is 400 g/mol. The first-order chi connectivity index (χ1) is 14.4. The Kier molecular flexibility index (Phi) is 5.84. The number of anilines is 1. The maximum absolute atomic E-state index is 13.3. The Morgan fingerprint density at radius 2 is 1.93 bits per heavy atom. The van der Waals surface area contributed by atoms with E-state index >= 15 is 0 Å². The first-order valence-corrected chi connectivity index (χ1v) is 11.9. The van der Waals surface area contributed by atoms with E-state index in [1.54, 1.807) is 18.2 Å². The van der Waals surface area contributed by atoms with Crippen LogP contribution < -0.4 is 4.31 Å². The molecule has 1 saturated heterocycles. The lowest BCUT2D eigenvalue weighted by Gasteiger charge is -2.36. The van der Waals surface area contributed by atoms with Crippen LogP contribution in [0, 0.1) is 5.92 Å². The van der Waals surface area contributed by atoms with E-state index in [2.05, 4.69) is 13.8 Å². The molecular formula is C23H28N2O4S. The molecule has 2 aliphatic rings. The van der Waals surface area contributed by atoms with E-state index in [0.29, 0.717) is 44.2 Å². The second-order valence-electron chi connectivity index (χ2n) is 8.34. The van der Waals surface area contributed by atoms with Crippen molar-refractivity contribution < 1.29 is 17.9 Å². The Bertz CT molecular complexity index is 1040. The molecule has 1 unspecified atom stereocenters. The average molecular weight is 429 g/mol. The van der Waals surface area contributed by atoms with Crippen molar-refractivity contribution in [3.8, 4) is 0 Å². The quantitative estimate of drug-likeness (QED) is 0.733. The molecule has 1 atom stereocenters. The average Bonchev–Trinajstić information content (AvgIpc) is 3.18. The normalized spacial score (nSPS) is 19.2. The van der Waals surface area contributed by atoms with E-state index in [0.717, 1.165) is 17.7 Å². The summed E-state index contributed by atoms with van der Waals surface area (Å²) in [5.74, 6) is 0.303. The van der Waals surface area contributed by atoms with E-state index in [-0.39, 0.29) is 16.8 Å². The van der Waals surface area contributed by atoms with Crippen LogP contribution >= 0.6 is 0 Å². The van der Waals surface area contributed by atoms with E-state index in [4.69, 9.17) is 4.74 Å². The fourth-order valence-electron chi connectivity index (χ4n) is 4.30. The van der Waals surface area contributed by atoms with Gasteiger partial charge in [-0.3, -0.25) is 9.10 Å². The molecule has 0 aliphatic carbocycles. The number of nitrogens with zero attached hydrogens (tertiary/aromatic N) is 2. The van der Waals surface area contributed by atoms with E-state index in [9.17, 15) is 13.2 Å². The van der Waals surface area contributed by atoms with Gasteiger partial charge in [0.15, 0.2) is 0 Å². The molecule has 6 nitrogen and oxygen atoms in total. The van der Waals surface area contributed by atoms with Gasteiger partial charge in [0.25, 0.3) is 15.9 Å². The maximum Gasteiger partial charge on any atom is 0.264 e. The van der Waals surface area contributed by atoms with Crippen molar-refractivity contribution in [2.75, 3.05) is 30.6 Å². The predicted octanol–water partition coefficient (Wildman–Crippen LogP) is 3.33. The Hall–Kier alpha value is -2.38. The number of morpholine rings is 1. The minimum Gasteiger partial charge on any atom is -0.377 e. The predicted molar refractivity (Wildman–Crippen MR) is 116 cm³/mol. The molecule has 0 aromatic heterocycles. The van der Waals surface area contributed by atoms with Crippen LogP contribution in [-0.4, -0.2) is 51.6 Å². The Labute approximate surface area is 178 Å². The molecule has 0 saturated carbocycles. The van der Waals surface area contributed by atoms with Crippen molar-refractivity contribution in [3.63, 3.8) is 0 Å². The van der Waals surface area contributed by atoms with Crippen LogP contribution in [0.5, 0.6) is 0 Å². The lowest BCUT2D eigenvalue weighted by molar-refractivity contribution is -0.00747. The maximum atomic E-state index is 13.3. The largest absolute Gasteiger partial charge is 0.377 e. The van der Waals surface area contributed by atoms with Gasteiger partial charge in [-0.2, -0.15) is 0 Å². The van der Waals surface area contributed by atoms with Crippen LogP contribution in [0.15, 0.2) is 53.4 Å². The summed E-state index contributed by atoms with van der Waals surface area (Å²) in [5.41, 5.74) is 2.15. The summed E-state index contributed by atoms with van der Waals surface area (Å²) in [6, 6.07) is 14.0. The molecule has 1 amide bonds. The second kappa shape index (κ2) is 8.40. The van der Waals surface area contributed by atoms with E-state index in [1.165, 1.54) is 10.4 Å². The van der Waals surface area contributed by atoms with Crippen LogP contribution in [-0.2, 0) is 21.2 Å². The van der Waals surface area contributed by atoms with Crippen LogP contribution in [0.25, 0.3) is 0 Å². The van der Waals surface area contributed by atoms with Gasteiger partial charge in [-0.1, -0.05) is 38.1 Å². The second-order valence-corrected chi connectivity index (χ2v) is 10.2. The molecule has 0 spiro atoms. The van der Waals surface area contributed by atoms with Crippen LogP contribution in [0.3, 0.4) is 0 Å². The summed E-state index contributed by atoms with van der Waals surface area (Å²) in [7, 11) is -3.73. The summed E-state index contributed by atoms with van der Waals surface area (Å²) >= 11 is 0. The number of para-hydroxylation sites is 1. The zero-order chi connectivity index (χ0) is 21.3. The third-order valence-corrected chi connectivity index (χ3v) is 7.55. The number of carbonyl (C=O) groups is 1. The summed E-state index contributed by atoms with van der Waals surface area (Å²) in [5, 5.41) is 0. The number of benzene rings is 2. The molecule has 0 N–H and O–H groups in total. The smallest absolute Gasteiger partial charge is 0.264 e. The highest BCUT2D eigenvalue weighted by molar-refractivity contribution is 7.92. The first kappa shape index (κ1) is 20.9. The Morgan fingerprint density at radius 1 is 1.13 bits per heavy atom. The van der Waals surface area contributed by atoms with Gasteiger partial charge in [0, 0.05) is 18.7 Å². The highest BCUT2D eigenvalue weighted by Gasteiger charge is 2.32. The summed E-state index contributed by atoms with van der Waals surface area (Å²) in [4.78, 5) is 15.2. The van der Waals surface area contributed by atoms with Gasteiger partial charge in [0.2, 0.25) is 0 Å². The Balaban J connectivity index is 1.62. The highest BCUT2D eigenvalue weighted by Crippen LogP contribution is 2.33. The summed E-state index contributed by atoms with van der Waals surface area (Å²) in [6.07, 6.45) is 1.55. The molecule has 1 fully saturated rings. The number of rotatable bonds is 5. The third kappa shape index (κ3) is 3.96. The standard InChI is InChI=1S/C23H28N2O4S/c1-17(2)14-20-16-29-13-12-24(20)23(26)19-7-5-8-21(15-19)30(27,28)25-11-10-18-6-3-4-9-22(18)25/h3-9,15,17,20H,10-14,16H2,1-2H3. The van der Waals surface area contributed by atoms with Gasteiger partial charge in [0.1, 0.15) is 0 Å². The zero-order valence-electron chi connectivity index (χ0n) is 17.5. The van der Waals surface area contributed by atoms with Gasteiger partial charge in [-0.05, 0) is 48.6 Å². The van der Waals surface area contributed by atoms with E-state index in [1.807, 2.05) is 29.2 Å². The van der Waals surface area contributed by atoms with Crippen LogP contribution in [0.1, 0.15) is 36.2 Å². The summed E-state index contributed by atoms with van der Waals surface area (Å²) < 4.78 is 33.7. The lowest BCUT2D eigenvalue weighted by Crippen LogP contribution is -2.49. The SMILES string of the molecule is CC(C)CC1COCCN1C(=O)c1cccc(S(=O)(=O)N2CCc3ccccc32)c1. The molecule has 2 heterocycles. The monoisotopic (exact) mass is 428 g/mol. The fraction of sp³-hybridized carbons (Fsp3) is 0.435. The van der Waals surface area contributed by atoms with Gasteiger partial charge >= 0.3 is 0 Å². The number of ether oxygens (including phenoxy) is 1. The number of amides is 1. The molecule has 7 heteroatoms. The van der Waals surface area contributed by atoms with Crippen molar-refractivity contribution in [1.29, 1.82) is 0 Å². The fourth-order valence-corrected chi connectivity index (χ4v) is 5.85. The van der Waals surface area contributed by atoms with Crippen LogP contribution in [0.2, 0.25) is 0 Å². The van der Waals surface area contributed by atoms with Crippen molar-refractivity contribution in [2.24, 2.45) is 5.92 Å². The van der Waals surface area contributed by atoms with Gasteiger partial charge in [-0.25, -0.2) is 8.42 Å². The number of hydrogen-bond acceptors (Lipinski definition) is 4. The van der Waals surface area contributed by atoms with Gasteiger partial charge < -0.3 is 9.64 Å². The zero-order valence-corrected chi connectivity index (χ0v) is 18.3. The highest BCUT2D eigenvalue weighted by atomic mass is 32.2.